The van der Waals surface area contributed by atoms with Crippen LogP contribution in [0.1, 0.15) is 405 Å². The van der Waals surface area contributed by atoms with Gasteiger partial charge in [0.25, 0.3) is 0 Å². The Morgan fingerprint density at radius 1 is 0.400 bits per heavy atom. The number of unbranched alkanes of at least 4 members (excludes halogenated alkanes) is 30. The first-order chi connectivity index (χ1) is 68.6. The molecule has 7 rings (SSSR count). The second-order valence-corrected chi connectivity index (χ2v) is 41.6. The second kappa shape index (κ2) is 69.9. The molecular formula is C109H163Cl5O31. The van der Waals surface area contributed by atoms with E-state index in [0.717, 1.165) is 218 Å². The zero-order valence-corrected chi connectivity index (χ0v) is 90.8. The lowest BCUT2D eigenvalue weighted by atomic mass is 9.77. The number of aliphatic carboxylic acids is 1. The first-order valence-corrected chi connectivity index (χ1v) is 53.3. The van der Waals surface area contributed by atoms with Crippen LogP contribution in [0.5, 0.6) is 46.0 Å². The number of phenols is 8. The van der Waals surface area contributed by atoms with Gasteiger partial charge in [0, 0.05) is 54.4 Å². The van der Waals surface area contributed by atoms with E-state index >= 15 is 0 Å². The summed E-state index contributed by atoms with van der Waals surface area (Å²) in [7, 11) is 0. The van der Waals surface area contributed by atoms with Crippen LogP contribution in [0.25, 0.3) is 0 Å². The van der Waals surface area contributed by atoms with Crippen LogP contribution >= 0.6 is 58.0 Å². The Morgan fingerprint density at radius 2 is 0.655 bits per heavy atom. The fourth-order valence-electron chi connectivity index (χ4n) is 17.0. The third kappa shape index (κ3) is 47.6. The van der Waals surface area contributed by atoms with Crippen LogP contribution in [0.3, 0.4) is 0 Å². The van der Waals surface area contributed by atoms with E-state index in [1.807, 2.05) is 48.5 Å². The van der Waals surface area contributed by atoms with Crippen molar-refractivity contribution >= 4 is 119 Å². The summed E-state index contributed by atoms with van der Waals surface area (Å²) in [6.07, 6.45) is 37.4. The third-order valence-corrected chi connectivity index (χ3v) is 28.2. The molecule has 820 valence electrons. The van der Waals surface area contributed by atoms with Crippen molar-refractivity contribution in [3.63, 3.8) is 0 Å². The molecule has 7 unspecified atom stereocenters. The van der Waals surface area contributed by atoms with E-state index in [1.54, 1.807) is 34.6 Å². The molecule has 31 nitrogen and oxygen atoms in total. The lowest BCUT2D eigenvalue weighted by molar-refractivity contribution is -0.158. The maximum Gasteiger partial charge on any atom is 0.306 e. The van der Waals surface area contributed by atoms with Crippen molar-refractivity contribution in [1.29, 1.82) is 0 Å². The molecule has 2 saturated heterocycles. The number of carbonyl (C=O) groups excluding carboxylic acids is 9. The maximum atomic E-state index is 11.8. The molecule has 0 bridgehead atoms. The van der Waals surface area contributed by atoms with Crippen LogP contribution in [0.15, 0.2) is 11.3 Å². The topological polar surface area (TPSA) is 508 Å². The zero-order valence-electron chi connectivity index (χ0n) is 87.0. The van der Waals surface area contributed by atoms with Gasteiger partial charge in [-0.05, 0) is 206 Å². The molecule has 7 atom stereocenters. The molecule has 0 aromatic heterocycles. The van der Waals surface area contributed by atoms with Gasteiger partial charge in [-0.15, -0.1) is 11.6 Å². The highest BCUT2D eigenvalue weighted by atomic mass is 35.5. The van der Waals surface area contributed by atoms with E-state index in [0.29, 0.717) is 159 Å². The number of aldehydes is 5. The lowest BCUT2D eigenvalue weighted by Gasteiger charge is -2.35. The number of hydrogen-bond donors (Lipinski definition) is 13. The molecule has 1 aliphatic carbocycles. The number of carboxylic acid groups (broad SMARTS) is 1. The number of esters is 4. The van der Waals surface area contributed by atoms with E-state index in [-0.39, 0.29) is 162 Å². The number of alkyl halides is 1. The second-order valence-electron chi connectivity index (χ2n) is 39.5. The summed E-state index contributed by atoms with van der Waals surface area (Å²) in [5, 5.41) is 128. The average Bonchev–Trinajstić information content (AvgIpc) is 1.53. The summed E-state index contributed by atoms with van der Waals surface area (Å²) in [6, 6.07) is 0. The predicted octanol–water partition coefficient (Wildman–Crippen LogP) is 23.6. The van der Waals surface area contributed by atoms with Crippen molar-refractivity contribution in [2.45, 2.75) is 419 Å². The Bertz CT molecular complexity index is 4580. The molecular weight excluding hydrogens is 1980 g/mol. The van der Waals surface area contributed by atoms with E-state index in [9.17, 15) is 99.0 Å². The fourth-order valence-corrected chi connectivity index (χ4v) is 18.2. The van der Waals surface area contributed by atoms with Crippen LogP contribution in [0.2, 0.25) is 20.1 Å². The van der Waals surface area contributed by atoms with E-state index in [2.05, 4.69) is 0 Å². The minimum Gasteiger partial charge on any atom is -0.512 e. The van der Waals surface area contributed by atoms with Gasteiger partial charge in [0.1, 0.15) is 102 Å². The molecule has 36 heteroatoms. The largest absolute Gasteiger partial charge is 0.512 e. The van der Waals surface area contributed by atoms with Gasteiger partial charge in [-0.25, -0.2) is 0 Å². The normalized spacial score (nSPS) is 16.8. The summed E-state index contributed by atoms with van der Waals surface area (Å²) < 4.78 is 42.7. The van der Waals surface area contributed by atoms with Gasteiger partial charge >= 0.3 is 29.8 Å². The number of halogens is 5. The highest BCUT2D eigenvalue weighted by Crippen LogP contribution is 2.46. The highest BCUT2D eigenvalue weighted by molar-refractivity contribution is 6.34. The molecule has 0 radical (unpaired) electrons. The Morgan fingerprint density at radius 3 is 0.903 bits per heavy atom. The summed E-state index contributed by atoms with van der Waals surface area (Å²) >= 11 is 30.4. The van der Waals surface area contributed by atoms with Crippen molar-refractivity contribution < 1.29 is 152 Å². The van der Waals surface area contributed by atoms with E-state index in [1.165, 1.54) is 0 Å². The van der Waals surface area contributed by atoms with E-state index < -0.39 is 53.3 Å². The fraction of sp³-hybridized carbons (Fsp3) is 0.670. The molecule has 4 aromatic rings. The summed E-state index contributed by atoms with van der Waals surface area (Å²) in [6.45, 7) is 21.8. The predicted molar refractivity (Wildman–Crippen MR) is 557 cm³/mol. The number of allylic oxidation sites excluding steroid dienone is 1. The van der Waals surface area contributed by atoms with Gasteiger partial charge in [-0.1, -0.05) is 214 Å². The minimum absolute atomic E-state index is 0.0182. The van der Waals surface area contributed by atoms with Crippen LogP contribution in [0.4, 0.5) is 0 Å². The van der Waals surface area contributed by atoms with Gasteiger partial charge in [-0.2, -0.15) is 0 Å². The average molecular weight is 2150 g/mol. The van der Waals surface area contributed by atoms with E-state index in [4.69, 9.17) is 111 Å². The Labute approximate surface area is 880 Å². The first-order valence-electron chi connectivity index (χ1n) is 51.4. The molecule has 2 heterocycles. The summed E-state index contributed by atoms with van der Waals surface area (Å²) in [4.78, 5) is 113. The SMILES string of the molecule is CC1C(C=O)C(O)=C(CCCCCCCCCC(=O)OCC(O)CO)C(O)C1Cl.Cc1c(Cl)c(O)c(CCCCCCCCCC(=O)O)c(O)c1C=O.Cc1c(Cl)c(O)c(CCCCCCCCCC(=O)OC(C)(C)C)c(O)c1C=O.Cc1c(Cl)c(O)c(CCCCCCCCCC(=O)OCC2COC(C)(C)O2)c(O)c1C=O.Cc1c(Cl)c(O)c(CCCCCCCCCC(=O)OCC2COC(C)(C)O2)c(O)c1C=O. The number of rotatable bonds is 62. The number of carbonyl (C=O) groups is 10. The van der Waals surface area contributed by atoms with Crippen molar-refractivity contribution in [2.24, 2.45) is 11.8 Å². The Kier molecular flexibility index (Phi) is 63.1. The molecule has 2 fully saturated rings. The Hall–Kier alpha value is -8.31. The monoisotopic (exact) mass is 2140 g/mol. The highest BCUT2D eigenvalue weighted by Gasteiger charge is 2.41. The molecule has 3 aliphatic rings. The molecule has 0 amide bonds. The van der Waals surface area contributed by atoms with Crippen LogP contribution in [0, 0.1) is 39.5 Å². The molecule has 4 aromatic carbocycles. The van der Waals surface area contributed by atoms with Gasteiger partial charge in [0.05, 0.1) is 79.6 Å². The number of benzene rings is 4. The van der Waals surface area contributed by atoms with Crippen molar-refractivity contribution in [3.8, 4) is 46.0 Å². The van der Waals surface area contributed by atoms with Crippen LogP contribution in [-0.2, 0) is 92.3 Å². The van der Waals surface area contributed by atoms with Gasteiger partial charge in [-0.3, -0.25) is 43.2 Å². The molecule has 0 spiro atoms. The Balaban J connectivity index is 0.000000467. The molecule has 2 aliphatic heterocycles. The van der Waals surface area contributed by atoms with Gasteiger partial charge in [0.15, 0.2) is 36.7 Å². The quantitative estimate of drug-likeness (QED) is 0.00642. The number of hydrogen-bond acceptors (Lipinski definition) is 30. The summed E-state index contributed by atoms with van der Waals surface area (Å²) in [5.74, 6) is -5.12. The summed E-state index contributed by atoms with van der Waals surface area (Å²) in [5.41, 5.74) is 3.48. The van der Waals surface area contributed by atoms with Gasteiger partial charge in [0.2, 0.25) is 0 Å². The van der Waals surface area contributed by atoms with Crippen molar-refractivity contribution in [3.05, 3.63) is 98.2 Å². The zero-order chi connectivity index (χ0) is 109. The number of ether oxygens (including phenoxy) is 8. The number of aliphatic hydroxyl groups excluding tert-OH is 4. The number of aromatic hydroxyl groups is 8. The number of phenolic OH excluding ortho intramolecular Hbond substituents is 8. The smallest absolute Gasteiger partial charge is 0.306 e. The lowest BCUT2D eigenvalue weighted by Crippen LogP contribution is -2.40. The maximum absolute atomic E-state index is 11.8. The first kappa shape index (κ1) is 131. The molecule has 0 saturated carbocycles. The molecule has 13 N–H and O–H groups in total. The van der Waals surface area contributed by atoms with Crippen molar-refractivity contribution in [2.75, 3.05) is 39.6 Å². The number of aliphatic hydroxyl groups is 4. The number of carboxylic acids is 1. The minimum atomic E-state index is -1.02. The molecule has 145 heavy (non-hydrogen) atoms. The third-order valence-electron chi connectivity index (χ3n) is 25.7. The van der Waals surface area contributed by atoms with Crippen LogP contribution in [-0.4, -0.2) is 214 Å². The van der Waals surface area contributed by atoms with Gasteiger partial charge < -0.3 is 109 Å². The standard InChI is InChI=1S/2C24H35ClO7.C22H33ClO5.C21H35ClO7.C18H25ClO5/c2*1-16-19(13-26)22(28)18(23(29)21(16)25)11-9-7-5-4-6-8-10-12-20(27)30-14-17-15-31-24(2,3)32-17;1-15-17(14-24)20(26)16(21(27)19(15)23)12-10-8-6-5-7-9-11-13-18(25)28-22(2,3)4;1-14-17(12-24)20(27)16(21(28)19(14)22)9-7-5-3-2-4-6-8-10-18(26)29-13-15(25)11-23;1-12-14(11-20)17(23)13(18(24)16(12)19)9-7-5-3-2-4-6-8-10-15(21)22/h2*13,17,28-29H,4-12,14-15H2,1-3H3;14,26-27H,5-13H2,1-4H3;12,14-15,17,19,21,23,25,27-28H,2-11,13H2,1H3;11,23-24H,2-10H2,1H3,(H,21,22). The van der Waals surface area contributed by atoms with Crippen molar-refractivity contribution in [1.82, 2.24) is 0 Å². The van der Waals surface area contributed by atoms with Crippen LogP contribution < -0.4 is 0 Å².